The van der Waals surface area contributed by atoms with Crippen LogP contribution in [0.2, 0.25) is 0 Å². The fourth-order valence-electron chi connectivity index (χ4n) is 2.97. The molecule has 2 aromatic carbocycles. The van der Waals surface area contributed by atoms with Gasteiger partial charge in [0.25, 0.3) is 5.91 Å². The monoisotopic (exact) mass is 394 g/mol. The van der Waals surface area contributed by atoms with Crippen molar-refractivity contribution in [3.05, 3.63) is 75.6 Å². The molecule has 1 heterocycles. The summed E-state index contributed by atoms with van der Waals surface area (Å²) in [6.07, 6.45) is 0.215. The van der Waals surface area contributed by atoms with Crippen LogP contribution in [0.1, 0.15) is 23.1 Å². The Morgan fingerprint density at radius 2 is 1.90 bits per heavy atom. The van der Waals surface area contributed by atoms with Crippen LogP contribution >= 0.6 is 0 Å². The quantitative estimate of drug-likeness (QED) is 0.578. The second-order valence-electron chi connectivity index (χ2n) is 6.57. The van der Waals surface area contributed by atoms with Crippen LogP contribution in [0.4, 0.5) is 0 Å². The average molecular weight is 394 g/mol. The number of carboxylic acid groups (broad SMARTS) is 1. The van der Waals surface area contributed by atoms with Crippen LogP contribution in [-0.2, 0) is 16.0 Å². The van der Waals surface area contributed by atoms with Gasteiger partial charge in [-0.1, -0.05) is 30.3 Å². The van der Waals surface area contributed by atoms with Crippen LogP contribution in [-0.4, -0.2) is 25.0 Å². The number of carbonyl (C=O) groups excluding carboxylic acids is 2. The zero-order chi connectivity index (χ0) is 20.8. The van der Waals surface area contributed by atoms with E-state index in [1.807, 2.05) is 37.3 Å². The van der Waals surface area contributed by atoms with Crippen molar-refractivity contribution in [2.24, 2.45) is 0 Å². The molecule has 0 aliphatic heterocycles. The molecule has 0 radical (unpaired) electrons. The second kappa shape index (κ2) is 9.05. The van der Waals surface area contributed by atoms with Gasteiger partial charge in [0.1, 0.15) is 11.3 Å². The molecule has 3 rings (SSSR count). The van der Waals surface area contributed by atoms with Crippen LogP contribution < -0.4 is 20.8 Å². The van der Waals surface area contributed by atoms with Crippen molar-refractivity contribution >= 4 is 22.8 Å². The lowest BCUT2D eigenvalue weighted by Gasteiger charge is -2.11. The summed E-state index contributed by atoms with van der Waals surface area (Å²) in [7, 11) is 0. The van der Waals surface area contributed by atoms with Crippen LogP contribution in [0.3, 0.4) is 0 Å². The highest BCUT2D eigenvalue weighted by Crippen LogP contribution is 2.25. The van der Waals surface area contributed by atoms with Crippen LogP contribution in [0.15, 0.2) is 57.7 Å². The van der Waals surface area contributed by atoms with Crippen molar-refractivity contribution in [3.63, 3.8) is 0 Å². The van der Waals surface area contributed by atoms with Gasteiger partial charge in [-0.2, -0.15) is 0 Å². The molecule has 0 aliphatic carbocycles. The predicted molar refractivity (Wildman–Crippen MR) is 105 cm³/mol. The number of aliphatic carboxylic acids is 1. The molecule has 1 amide bonds. The molecule has 0 fully saturated rings. The van der Waals surface area contributed by atoms with Crippen LogP contribution in [0, 0.1) is 6.92 Å². The molecule has 0 unspecified atom stereocenters. The fraction of sp³-hybridized carbons (Fsp3) is 0.227. The number of hydrogen-bond donors (Lipinski definition) is 1. The minimum Gasteiger partial charge on any atom is -0.550 e. The summed E-state index contributed by atoms with van der Waals surface area (Å²) in [5.74, 6) is -1.33. The number of carbonyl (C=O) groups is 2. The Hall–Kier alpha value is -3.61. The van der Waals surface area contributed by atoms with Gasteiger partial charge in [0.05, 0.1) is 0 Å². The largest absolute Gasteiger partial charge is 0.550 e. The Morgan fingerprint density at radius 1 is 1.14 bits per heavy atom. The maximum atomic E-state index is 12.5. The third kappa shape index (κ3) is 5.22. The highest BCUT2D eigenvalue weighted by atomic mass is 16.5. The maximum Gasteiger partial charge on any atom is 0.340 e. The Bertz CT molecular complexity index is 1090. The topological polar surface area (TPSA) is 109 Å². The van der Waals surface area contributed by atoms with Crippen LogP contribution in [0.5, 0.6) is 5.75 Å². The van der Waals surface area contributed by atoms with Crippen molar-refractivity contribution in [3.8, 4) is 5.75 Å². The molecule has 29 heavy (non-hydrogen) atoms. The number of hydrogen-bond acceptors (Lipinski definition) is 6. The Labute approximate surface area is 166 Å². The summed E-state index contributed by atoms with van der Waals surface area (Å²) in [5, 5.41) is 13.5. The first-order chi connectivity index (χ1) is 13.9. The summed E-state index contributed by atoms with van der Waals surface area (Å²) in [6.45, 7) is 1.57. The number of amides is 1. The van der Waals surface area contributed by atoms with E-state index in [9.17, 15) is 19.5 Å². The highest BCUT2D eigenvalue weighted by molar-refractivity contribution is 5.83. The molecular weight excluding hydrogens is 374 g/mol. The van der Waals surface area contributed by atoms with E-state index in [-0.39, 0.29) is 19.6 Å². The first-order valence-corrected chi connectivity index (χ1v) is 9.13. The Morgan fingerprint density at radius 3 is 2.62 bits per heavy atom. The number of benzene rings is 2. The molecule has 7 heteroatoms. The molecule has 1 aromatic heterocycles. The van der Waals surface area contributed by atoms with Gasteiger partial charge in [-0.15, -0.1) is 0 Å². The average Bonchev–Trinajstić information content (AvgIpc) is 2.70. The summed E-state index contributed by atoms with van der Waals surface area (Å²) in [6, 6.07) is 14.7. The van der Waals surface area contributed by atoms with Crippen molar-refractivity contribution in [2.45, 2.75) is 19.8 Å². The summed E-state index contributed by atoms with van der Waals surface area (Å²) in [4.78, 5) is 34.5. The molecule has 0 aliphatic rings. The first kappa shape index (κ1) is 20.1. The summed E-state index contributed by atoms with van der Waals surface area (Å²) < 4.78 is 10.9. The van der Waals surface area contributed by atoms with Crippen molar-refractivity contribution in [1.82, 2.24) is 5.32 Å². The van der Waals surface area contributed by atoms with Gasteiger partial charge < -0.3 is 24.4 Å². The molecule has 0 bridgehead atoms. The fourth-order valence-corrected chi connectivity index (χ4v) is 2.97. The molecule has 3 aromatic rings. The number of nitrogens with one attached hydrogen (secondary N) is 1. The maximum absolute atomic E-state index is 12.5. The van der Waals surface area contributed by atoms with Crippen molar-refractivity contribution in [2.75, 3.05) is 13.2 Å². The number of rotatable bonds is 8. The van der Waals surface area contributed by atoms with E-state index in [0.717, 1.165) is 16.5 Å². The SMILES string of the molecule is Cc1c(Cc2ccccc2)c(=O)oc2cc(OCC(=O)NCCC(=O)[O-])ccc12. The van der Waals surface area contributed by atoms with E-state index in [0.29, 0.717) is 23.3 Å². The minimum atomic E-state index is -1.24. The third-order valence-corrected chi connectivity index (χ3v) is 4.50. The summed E-state index contributed by atoms with van der Waals surface area (Å²) in [5.41, 5.74) is 2.43. The van der Waals surface area contributed by atoms with Gasteiger partial charge in [-0.25, -0.2) is 4.79 Å². The lowest BCUT2D eigenvalue weighted by atomic mass is 10.00. The molecule has 0 spiro atoms. The standard InChI is InChI=1S/C22H21NO6/c1-14-17-8-7-16(28-13-20(24)23-10-9-21(25)26)12-19(17)29-22(27)18(14)11-15-5-3-2-4-6-15/h2-8,12H,9-11,13H2,1H3,(H,23,24)(H,25,26)/p-1. The number of fused-ring (bicyclic) bond motifs is 1. The zero-order valence-corrected chi connectivity index (χ0v) is 15.9. The van der Waals surface area contributed by atoms with Gasteiger partial charge in [0, 0.05) is 42.4 Å². The molecular formula is C22H20NO6-. The normalized spacial score (nSPS) is 10.7. The molecule has 1 N–H and O–H groups in total. The van der Waals surface area contributed by atoms with E-state index in [1.165, 1.54) is 0 Å². The number of carboxylic acids is 1. The smallest absolute Gasteiger partial charge is 0.340 e. The number of ether oxygens (including phenoxy) is 1. The highest BCUT2D eigenvalue weighted by Gasteiger charge is 2.13. The van der Waals surface area contributed by atoms with Gasteiger partial charge in [-0.3, -0.25) is 4.79 Å². The molecule has 150 valence electrons. The van der Waals surface area contributed by atoms with E-state index < -0.39 is 17.5 Å². The van der Waals surface area contributed by atoms with Crippen LogP contribution in [0.25, 0.3) is 11.0 Å². The number of aryl methyl sites for hydroxylation is 1. The van der Waals surface area contributed by atoms with Gasteiger partial charge in [0.15, 0.2) is 6.61 Å². The minimum absolute atomic E-state index is 0.0273. The molecule has 0 saturated heterocycles. The molecule has 0 saturated carbocycles. The lowest BCUT2D eigenvalue weighted by Crippen LogP contribution is -2.33. The first-order valence-electron chi connectivity index (χ1n) is 9.13. The Balaban J connectivity index is 1.73. The third-order valence-electron chi connectivity index (χ3n) is 4.50. The second-order valence-corrected chi connectivity index (χ2v) is 6.57. The van der Waals surface area contributed by atoms with Gasteiger partial charge in [-0.05, 0) is 30.2 Å². The lowest BCUT2D eigenvalue weighted by molar-refractivity contribution is -0.305. The van der Waals surface area contributed by atoms with Crippen molar-refractivity contribution in [1.29, 1.82) is 0 Å². The van der Waals surface area contributed by atoms with Gasteiger partial charge >= 0.3 is 5.63 Å². The Kier molecular flexibility index (Phi) is 6.29. The molecule has 7 nitrogen and oxygen atoms in total. The van der Waals surface area contributed by atoms with E-state index >= 15 is 0 Å². The van der Waals surface area contributed by atoms with E-state index in [4.69, 9.17) is 9.15 Å². The van der Waals surface area contributed by atoms with E-state index in [2.05, 4.69) is 5.32 Å². The molecule has 0 atom stereocenters. The zero-order valence-electron chi connectivity index (χ0n) is 15.9. The van der Waals surface area contributed by atoms with Crippen molar-refractivity contribution < 1.29 is 23.8 Å². The summed E-state index contributed by atoms with van der Waals surface area (Å²) >= 11 is 0. The van der Waals surface area contributed by atoms with E-state index in [1.54, 1.807) is 18.2 Å². The predicted octanol–water partition coefficient (Wildman–Crippen LogP) is 1.33. The van der Waals surface area contributed by atoms with Gasteiger partial charge in [0.2, 0.25) is 0 Å².